The summed E-state index contributed by atoms with van der Waals surface area (Å²) >= 11 is 0. The molecule has 0 aliphatic heterocycles. The lowest BCUT2D eigenvalue weighted by molar-refractivity contribution is -0.137. The highest BCUT2D eigenvalue weighted by atomic mass is 19.4. The largest absolute Gasteiger partial charge is 0.417 e. The minimum atomic E-state index is -4.44. The van der Waals surface area contributed by atoms with Crippen molar-refractivity contribution in [2.45, 2.75) is 6.18 Å². The van der Waals surface area contributed by atoms with Crippen molar-refractivity contribution in [2.75, 3.05) is 5.32 Å². The summed E-state index contributed by atoms with van der Waals surface area (Å²) in [6.45, 7) is 0. The van der Waals surface area contributed by atoms with Crippen molar-refractivity contribution in [3.63, 3.8) is 0 Å². The first-order valence-electron chi connectivity index (χ1n) is 6.06. The van der Waals surface area contributed by atoms with Gasteiger partial charge >= 0.3 is 12.2 Å². The van der Waals surface area contributed by atoms with E-state index in [0.29, 0.717) is 11.9 Å². The molecule has 22 heavy (non-hydrogen) atoms. The quantitative estimate of drug-likeness (QED) is 0.800. The van der Waals surface area contributed by atoms with Crippen LogP contribution in [0.2, 0.25) is 0 Å². The number of nitrogens with zero attached hydrogens (tertiary/aromatic N) is 4. The zero-order valence-corrected chi connectivity index (χ0v) is 10.9. The van der Waals surface area contributed by atoms with Crippen LogP contribution in [0.25, 0.3) is 11.6 Å². The van der Waals surface area contributed by atoms with Crippen molar-refractivity contribution in [1.82, 2.24) is 20.2 Å². The summed E-state index contributed by atoms with van der Waals surface area (Å²) in [6.07, 6.45) is -0.558. The molecule has 0 saturated carbocycles. The van der Waals surface area contributed by atoms with Gasteiger partial charge in [0.2, 0.25) is 0 Å². The van der Waals surface area contributed by atoms with Gasteiger partial charge in [0.15, 0.2) is 0 Å². The van der Waals surface area contributed by atoms with Crippen molar-refractivity contribution >= 4 is 11.7 Å². The van der Waals surface area contributed by atoms with E-state index in [2.05, 4.69) is 25.5 Å². The fraction of sp³-hybridized carbons (Fsp3) is 0.0769. The molecule has 0 unspecified atom stereocenters. The Labute approximate surface area is 122 Å². The van der Waals surface area contributed by atoms with E-state index in [9.17, 15) is 13.2 Å². The van der Waals surface area contributed by atoms with E-state index in [1.54, 1.807) is 24.5 Å². The monoisotopic (exact) mass is 307 g/mol. The Balaban J connectivity index is 1.79. The molecule has 9 heteroatoms. The first kappa shape index (κ1) is 14.0. The van der Waals surface area contributed by atoms with Crippen molar-refractivity contribution in [3.8, 4) is 11.6 Å². The van der Waals surface area contributed by atoms with E-state index in [1.807, 2.05) is 0 Å². The van der Waals surface area contributed by atoms with Crippen LogP contribution in [0.5, 0.6) is 0 Å². The molecule has 0 bridgehead atoms. The fourth-order valence-corrected chi connectivity index (χ4v) is 1.63. The minimum Gasteiger partial charge on any atom is -0.401 e. The van der Waals surface area contributed by atoms with Crippen LogP contribution < -0.4 is 5.32 Å². The van der Waals surface area contributed by atoms with E-state index in [4.69, 9.17) is 4.42 Å². The van der Waals surface area contributed by atoms with Crippen molar-refractivity contribution < 1.29 is 17.6 Å². The van der Waals surface area contributed by atoms with Gasteiger partial charge in [-0.25, -0.2) is 0 Å². The smallest absolute Gasteiger partial charge is 0.401 e. The Morgan fingerprint density at radius 2 is 1.91 bits per heavy atom. The third kappa shape index (κ3) is 3.03. The maximum Gasteiger partial charge on any atom is 0.417 e. The number of aromatic nitrogens is 4. The molecule has 3 aromatic rings. The lowest BCUT2D eigenvalue weighted by Crippen LogP contribution is -2.05. The van der Waals surface area contributed by atoms with Gasteiger partial charge in [0, 0.05) is 12.4 Å². The number of hydrogen-bond acceptors (Lipinski definition) is 6. The Morgan fingerprint density at radius 1 is 1.05 bits per heavy atom. The van der Waals surface area contributed by atoms with E-state index < -0.39 is 11.7 Å². The number of nitrogens with one attached hydrogen (secondary N) is 1. The Hall–Kier alpha value is -2.97. The van der Waals surface area contributed by atoms with Gasteiger partial charge in [-0.2, -0.15) is 13.2 Å². The van der Waals surface area contributed by atoms with Crippen LogP contribution >= 0.6 is 0 Å². The summed E-state index contributed by atoms with van der Waals surface area (Å²) < 4.78 is 42.7. The standard InChI is InChI=1S/C13H8F3N5O/c14-13(15,16)8-3-4-10(18-6-8)11-20-21-12(22-11)19-9-2-1-5-17-7-9/h1-7H,(H,19,21). The molecule has 0 fully saturated rings. The average molecular weight is 307 g/mol. The Morgan fingerprint density at radius 3 is 2.55 bits per heavy atom. The van der Waals surface area contributed by atoms with Gasteiger partial charge in [-0.05, 0) is 24.3 Å². The van der Waals surface area contributed by atoms with Crippen LogP contribution in [0.1, 0.15) is 5.56 Å². The molecular formula is C13H8F3N5O. The molecule has 3 aromatic heterocycles. The first-order valence-corrected chi connectivity index (χ1v) is 6.06. The molecule has 0 aliphatic carbocycles. The van der Waals surface area contributed by atoms with Crippen molar-refractivity contribution in [3.05, 3.63) is 48.4 Å². The van der Waals surface area contributed by atoms with E-state index in [-0.39, 0.29) is 17.6 Å². The lowest BCUT2D eigenvalue weighted by atomic mass is 10.2. The van der Waals surface area contributed by atoms with Crippen LogP contribution in [-0.4, -0.2) is 20.2 Å². The van der Waals surface area contributed by atoms with E-state index >= 15 is 0 Å². The van der Waals surface area contributed by atoms with Crippen LogP contribution in [0.3, 0.4) is 0 Å². The predicted molar refractivity (Wildman–Crippen MR) is 70.1 cm³/mol. The minimum absolute atomic E-state index is 0.0140. The van der Waals surface area contributed by atoms with Crippen LogP contribution in [0, 0.1) is 0 Å². The molecule has 3 heterocycles. The second kappa shape index (κ2) is 5.43. The second-order valence-electron chi connectivity index (χ2n) is 4.21. The third-order valence-corrected chi connectivity index (χ3v) is 2.65. The van der Waals surface area contributed by atoms with Gasteiger partial charge in [-0.15, -0.1) is 5.10 Å². The molecule has 3 rings (SSSR count). The predicted octanol–water partition coefficient (Wildman–Crippen LogP) is 3.29. The van der Waals surface area contributed by atoms with Gasteiger partial charge < -0.3 is 9.73 Å². The van der Waals surface area contributed by atoms with Crippen LogP contribution in [0.15, 0.2) is 47.3 Å². The van der Waals surface area contributed by atoms with E-state index in [0.717, 1.165) is 6.07 Å². The number of rotatable bonds is 3. The van der Waals surface area contributed by atoms with Gasteiger partial charge in [-0.1, -0.05) is 5.10 Å². The van der Waals surface area contributed by atoms with Gasteiger partial charge in [0.25, 0.3) is 5.89 Å². The van der Waals surface area contributed by atoms with Crippen LogP contribution in [0.4, 0.5) is 24.9 Å². The van der Waals surface area contributed by atoms with E-state index in [1.165, 1.54) is 6.07 Å². The van der Waals surface area contributed by atoms with Gasteiger partial charge in [0.1, 0.15) is 5.69 Å². The molecule has 0 saturated heterocycles. The number of alkyl halides is 3. The second-order valence-corrected chi connectivity index (χ2v) is 4.21. The highest BCUT2D eigenvalue weighted by Gasteiger charge is 2.30. The first-order chi connectivity index (χ1) is 10.5. The number of hydrogen-bond donors (Lipinski definition) is 1. The molecule has 0 aliphatic rings. The van der Waals surface area contributed by atoms with Crippen molar-refractivity contribution in [2.24, 2.45) is 0 Å². The molecule has 0 aromatic carbocycles. The SMILES string of the molecule is FC(F)(F)c1ccc(-c2nnc(Nc3cccnc3)o2)nc1. The zero-order chi connectivity index (χ0) is 15.6. The normalized spacial score (nSPS) is 11.4. The third-order valence-electron chi connectivity index (χ3n) is 2.65. The number of halogens is 3. The van der Waals surface area contributed by atoms with Gasteiger partial charge in [0.05, 0.1) is 17.4 Å². The maximum atomic E-state index is 12.5. The molecule has 1 N–H and O–H groups in total. The lowest BCUT2D eigenvalue weighted by Gasteiger charge is -2.05. The molecule has 0 spiro atoms. The summed E-state index contributed by atoms with van der Waals surface area (Å²) in [5, 5.41) is 10.3. The summed E-state index contributed by atoms with van der Waals surface area (Å²) in [7, 11) is 0. The molecule has 0 radical (unpaired) electrons. The highest BCUT2D eigenvalue weighted by Crippen LogP contribution is 2.29. The summed E-state index contributed by atoms with van der Waals surface area (Å²) in [6, 6.07) is 5.62. The maximum absolute atomic E-state index is 12.5. The Kier molecular flexibility index (Phi) is 3.45. The molecule has 112 valence electrons. The molecule has 0 atom stereocenters. The topological polar surface area (TPSA) is 76.7 Å². The van der Waals surface area contributed by atoms with Crippen molar-refractivity contribution in [1.29, 1.82) is 0 Å². The summed E-state index contributed by atoms with van der Waals surface area (Å²) in [4.78, 5) is 7.59. The number of pyridine rings is 2. The summed E-state index contributed by atoms with van der Waals surface area (Å²) in [5.74, 6) is 0.0140. The molecule has 6 nitrogen and oxygen atoms in total. The average Bonchev–Trinajstić information content (AvgIpc) is 2.96. The molecular weight excluding hydrogens is 299 g/mol. The van der Waals surface area contributed by atoms with Gasteiger partial charge in [-0.3, -0.25) is 9.97 Å². The van der Waals surface area contributed by atoms with Crippen LogP contribution in [-0.2, 0) is 6.18 Å². The highest BCUT2D eigenvalue weighted by molar-refractivity contribution is 5.52. The number of anilines is 2. The zero-order valence-electron chi connectivity index (χ0n) is 10.9. The molecule has 0 amide bonds. The summed E-state index contributed by atoms with van der Waals surface area (Å²) in [5.41, 5.74) is -0.0534. The fourth-order valence-electron chi connectivity index (χ4n) is 1.63. The Bertz CT molecular complexity index is 755.